The fourth-order valence-electron chi connectivity index (χ4n) is 2.68. The van der Waals surface area contributed by atoms with Gasteiger partial charge in [-0.05, 0) is 24.7 Å². The Balaban J connectivity index is 2.05. The molecule has 1 aromatic carbocycles. The summed E-state index contributed by atoms with van der Waals surface area (Å²) in [5.74, 6) is 0.755. The van der Waals surface area contributed by atoms with Gasteiger partial charge < -0.3 is 0 Å². The van der Waals surface area contributed by atoms with Crippen LogP contribution in [0.25, 0.3) is 0 Å². The quantitative estimate of drug-likeness (QED) is 0.768. The number of nitrogens with zero attached hydrogens (tertiary/aromatic N) is 3. The zero-order valence-electron chi connectivity index (χ0n) is 11.5. The highest BCUT2D eigenvalue weighted by molar-refractivity contribution is 9.10. The number of rotatable bonds is 1. The van der Waals surface area contributed by atoms with Crippen LogP contribution in [0.3, 0.4) is 0 Å². The van der Waals surface area contributed by atoms with Gasteiger partial charge in [0.15, 0.2) is 0 Å². The molecule has 108 valence electrons. The summed E-state index contributed by atoms with van der Waals surface area (Å²) in [6.45, 7) is 0.567. The highest BCUT2D eigenvalue weighted by Crippen LogP contribution is 2.42. The lowest BCUT2D eigenvalue weighted by Crippen LogP contribution is -2.45. The van der Waals surface area contributed by atoms with Gasteiger partial charge in [0, 0.05) is 16.8 Å². The number of amides is 1. The predicted octanol–water partition coefficient (Wildman–Crippen LogP) is 3.09. The molecule has 1 atom stereocenters. The molecule has 0 unspecified atom stereocenters. The van der Waals surface area contributed by atoms with Crippen molar-refractivity contribution in [2.24, 2.45) is 0 Å². The average Bonchev–Trinajstić information content (AvgIpc) is 2.47. The van der Waals surface area contributed by atoms with Crippen molar-refractivity contribution < 1.29 is 4.79 Å². The maximum atomic E-state index is 12.4. The topological polar surface area (TPSA) is 47.3 Å². The van der Waals surface area contributed by atoms with Gasteiger partial charge in [0.25, 0.3) is 0 Å². The number of nitriles is 1. The van der Waals surface area contributed by atoms with Gasteiger partial charge in [0.1, 0.15) is 0 Å². The first kappa shape index (κ1) is 14.6. The molecule has 0 spiro atoms. The van der Waals surface area contributed by atoms with Crippen molar-refractivity contribution in [2.75, 3.05) is 19.6 Å². The molecule has 2 heterocycles. The Bertz CT molecular complexity index is 667. The van der Waals surface area contributed by atoms with Crippen LogP contribution in [0.1, 0.15) is 17.9 Å². The van der Waals surface area contributed by atoms with E-state index in [2.05, 4.69) is 26.9 Å². The van der Waals surface area contributed by atoms with Gasteiger partial charge in [-0.15, -0.1) is 0 Å². The van der Waals surface area contributed by atoms with Gasteiger partial charge in [-0.3, -0.25) is 14.6 Å². The highest BCUT2D eigenvalue weighted by atomic mass is 79.9. The molecule has 0 aliphatic carbocycles. The number of carbonyl (C=O) groups is 1. The predicted molar refractivity (Wildman–Crippen MR) is 86.1 cm³/mol. The molecule has 0 bridgehead atoms. The number of hydrogen-bond donors (Lipinski definition) is 0. The second-order valence-corrected chi connectivity index (χ2v) is 7.08. The van der Waals surface area contributed by atoms with E-state index >= 15 is 0 Å². The van der Waals surface area contributed by atoms with Crippen LogP contribution in [-0.4, -0.2) is 35.3 Å². The third-order valence-corrected chi connectivity index (χ3v) is 5.46. The summed E-state index contributed by atoms with van der Waals surface area (Å²) in [6.07, 6.45) is 0.358. The number of fused-ring (bicyclic) bond motifs is 1. The molecule has 0 N–H and O–H groups in total. The van der Waals surface area contributed by atoms with E-state index in [9.17, 15) is 10.1 Å². The van der Waals surface area contributed by atoms with Crippen molar-refractivity contribution in [1.29, 1.82) is 5.26 Å². The van der Waals surface area contributed by atoms with E-state index in [0.717, 1.165) is 20.9 Å². The van der Waals surface area contributed by atoms with Gasteiger partial charge in [-0.2, -0.15) is 5.26 Å². The molecule has 0 aromatic heterocycles. The summed E-state index contributed by atoms with van der Waals surface area (Å²) in [6, 6.07) is 10.2. The first-order chi connectivity index (χ1) is 10.1. The molecule has 0 radical (unpaired) electrons. The van der Waals surface area contributed by atoms with E-state index in [1.165, 1.54) is 0 Å². The lowest BCUT2D eigenvalue weighted by Gasteiger charge is -2.40. The molecule has 6 heteroatoms. The van der Waals surface area contributed by atoms with Crippen molar-refractivity contribution in [1.82, 2.24) is 9.80 Å². The van der Waals surface area contributed by atoms with Crippen molar-refractivity contribution in [3.63, 3.8) is 0 Å². The number of carbonyl (C=O) groups excluding carboxylic acids is 1. The van der Waals surface area contributed by atoms with Gasteiger partial charge in [0.05, 0.1) is 29.2 Å². The molecular weight excluding hydrogens is 350 g/mol. The van der Waals surface area contributed by atoms with E-state index in [-0.39, 0.29) is 11.8 Å². The molecule has 3 rings (SSSR count). The highest BCUT2D eigenvalue weighted by Gasteiger charge is 2.37. The SMILES string of the molecule is CN1CSC2=C(C#N)[C@@H](c3cccc(Br)c3)CC(=O)N2C1. The van der Waals surface area contributed by atoms with E-state index in [4.69, 9.17) is 0 Å². The molecule has 1 amide bonds. The average molecular weight is 364 g/mol. The minimum absolute atomic E-state index is 0.0908. The molecule has 4 nitrogen and oxygen atoms in total. The summed E-state index contributed by atoms with van der Waals surface area (Å²) in [5.41, 5.74) is 1.73. The minimum atomic E-state index is -0.137. The summed E-state index contributed by atoms with van der Waals surface area (Å²) >= 11 is 5.03. The van der Waals surface area contributed by atoms with Gasteiger partial charge in [-0.1, -0.05) is 39.8 Å². The Kier molecular flexibility index (Phi) is 4.07. The molecule has 2 aliphatic rings. The molecule has 1 saturated heterocycles. The Hall–Kier alpha value is -1.29. The minimum Gasteiger partial charge on any atom is -0.292 e. The normalized spacial score (nSPS) is 23.0. The van der Waals surface area contributed by atoms with Crippen LogP contribution in [0.15, 0.2) is 39.3 Å². The Labute approximate surface area is 136 Å². The van der Waals surface area contributed by atoms with Crippen molar-refractivity contribution in [3.05, 3.63) is 44.9 Å². The number of benzene rings is 1. The monoisotopic (exact) mass is 363 g/mol. The Morgan fingerprint density at radius 2 is 2.29 bits per heavy atom. The zero-order chi connectivity index (χ0) is 15.0. The third kappa shape index (κ3) is 2.73. The number of thioether (sulfide) groups is 1. The second-order valence-electron chi connectivity index (χ2n) is 5.24. The van der Waals surface area contributed by atoms with E-state index in [0.29, 0.717) is 18.7 Å². The smallest absolute Gasteiger partial charge is 0.229 e. The summed E-state index contributed by atoms with van der Waals surface area (Å²) in [5, 5.41) is 10.4. The maximum absolute atomic E-state index is 12.4. The zero-order valence-corrected chi connectivity index (χ0v) is 13.9. The van der Waals surface area contributed by atoms with E-state index < -0.39 is 0 Å². The molecule has 1 aromatic rings. The molecular formula is C15H14BrN3OS. The van der Waals surface area contributed by atoms with Crippen LogP contribution >= 0.6 is 27.7 Å². The van der Waals surface area contributed by atoms with Crippen molar-refractivity contribution in [2.45, 2.75) is 12.3 Å². The van der Waals surface area contributed by atoms with Crippen LogP contribution in [-0.2, 0) is 4.79 Å². The summed E-state index contributed by atoms with van der Waals surface area (Å²) in [4.78, 5) is 16.2. The van der Waals surface area contributed by atoms with Gasteiger partial charge in [0.2, 0.25) is 5.91 Å². The first-order valence-corrected chi connectivity index (χ1v) is 8.39. The van der Waals surface area contributed by atoms with Crippen molar-refractivity contribution >= 4 is 33.6 Å². The largest absolute Gasteiger partial charge is 0.292 e. The fraction of sp³-hybridized carbons (Fsp3) is 0.333. The molecule has 21 heavy (non-hydrogen) atoms. The Morgan fingerprint density at radius 3 is 3.00 bits per heavy atom. The summed E-state index contributed by atoms with van der Waals surface area (Å²) in [7, 11) is 1.98. The lowest BCUT2D eigenvalue weighted by atomic mass is 9.86. The van der Waals surface area contributed by atoms with Crippen LogP contribution in [0.5, 0.6) is 0 Å². The summed E-state index contributed by atoms with van der Waals surface area (Å²) < 4.78 is 0.966. The fourth-order valence-corrected chi connectivity index (χ4v) is 4.18. The van der Waals surface area contributed by atoms with Crippen LogP contribution in [0.4, 0.5) is 0 Å². The third-order valence-electron chi connectivity index (χ3n) is 3.68. The standard InChI is InChI=1S/C15H14BrN3OS/c1-18-8-19-14(20)6-12(10-3-2-4-11(16)5-10)13(7-17)15(19)21-9-18/h2-5,12H,6,8-9H2,1H3/t12-/m1/s1. The number of allylic oxidation sites excluding steroid dienone is 1. The lowest BCUT2D eigenvalue weighted by molar-refractivity contribution is -0.131. The molecule has 0 saturated carbocycles. The van der Waals surface area contributed by atoms with Crippen LogP contribution in [0.2, 0.25) is 0 Å². The van der Waals surface area contributed by atoms with E-state index in [1.54, 1.807) is 16.7 Å². The molecule has 2 aliphatic heterocycles. The number of halogens is 1. The van der Waals surface area contributed by atoms with E-state index in [1.807, 2.05) is 31.3 Å². The first-order valence-electron chi connectivity index (χ1n) is 6.61. The number of hydrogen-bond acceptors (Lipinski definition) is 4. The van der Waals surface area contributed by atoms with Crippen molar-refractivity contribution in [3.8, 4) is 6.07 Å². The maximum Gasteiger partial charge on any atom is 0.229 e. The Morgan fingerprint density at radius 1 is 1.48 bits per heavy atom. The van der Waals surface area contributed by atoms with Gasteiger partial charge in [-0.25, -0.2) is 0 Å². The van der Waals surface area contributed by atoms with Crippen LogP contribution in [0, 0.1) is 11.3 Å². The van der Waals surface area contributed by atoms with Gasteiger partial charge >= 0.3 is 0 Å². The molecule has 1 fully saturated rings. The van der Waals surface area contributed by atoms with Crippen LogP contribution < -0.4 is 0 Å². The second kappa shape index (κ2) is 5.84.